The van der Waals surface area contributed by atoms with Gasteiger partial charge in [0.1, 0.15) is 16.2 Å². The molecule has 0 fully saturated rings. The van der Waals surface area contributed by atoms with Gasteiger partial charge in [-0.25, -0.2) is 9.59 Å². The fourth-order valence-electron chi connectivity index (χ4n) is 2.19. The van der Waals surface area contributed by atoms with Crippen LogP contribution in [0, 0.1) is 0 Å². The minimum Gasteiger partial charge on any atom is -0.465 e. The highest BCUT2D eigenvalue weighted by Crippen LogP contribution is 2.26. The molecule has 1 heterocycles. The molecule has 3 aromatic rings. The van der Waals surface area contributed by atoms with Gasteiger partial charge in [0.15, 0.2) is 0 Å². The fraction of sp³-hybridized carbons (Fsp3) is 0.0588. The van der Waals surface area contributed by atoms with Gasteiger partial charge in [0.2, 0.25) is 0 Å². The summed E-state index contributed by atoms with van der Waals surface area (Å²) in [7, 11) is -3.03. The summed E-state index contributed by atoms with van der Waals surface area (Å²) >= 11 is 3.16. The van der Waals surface area contributed by atoms with Gasteiger partial charge in [-0.2, -0.15) is 8.42 Å². The maximum atomic E-state index is 12.5. The third-order valence-corrected chi connectivity index (χ3v) is 5.37. The molecule has 0 bridgehead atoms. The number of halogens is 1. The van der Waals surface area contributed by atoms with Crippen LogP contribution in [0.1, 0.15) is 10.4 Å². The maximum Gasteiger partial charge on any atom is 0.339 e. The number of esters is 1. The molecule has 0 spiro atoms. The Morgan fingerprint density at radius 2 is 1.81 bits per heavy atom. The number of rotatable bonds is 4. The van der Waals surface area contributed by atoms with Crippen LogP contribution in [0.2, 0.25) is 0 Å². The molecule has 0 saturated carbocycles. The Labute approximate surface area is 156 Å². The zero-order valence-corrected chi connectivity index (χ0v) is 15.7. The highest BCUT2D eigenvalue weighted by Gasteiger charge is 2.21. The van der Waals surface area contributed by atoms with Gasteiger partial charge < -0.3 is 13.3 Å². The topological polar surface area (TPSA) is 99.9 Å². The molecule has 0 saturated heterocycles. The summed E-state index contributed by atoms with van der Waals surface area (Å²) in [5.74, 6) is -0.726. The van der Waals surface area contributed by atoms with Crippen molar-refractivity contribution in [1.82, 2.24) is 0 Å². The second kappa shape index (κ2) is 6.93. The van der Waals surface area contributed by atoms with Crippen LogP contribution in [0.4, 0.5) is 0 Å². The number of hydrogen-bond acceptors (Lipinski definition) is 7. The van der Waals surface area contributed by atoms with Crippen molar-refractivity contribution in [3.05, 3.63) is 69.0 Å². The smallest absolute Gasteiger partial charge is 0.339 e. The molecule has 2 aromatic carbocycles. The van der Waals surface area contributed by atoms with E-state index in [0.29, 0.717) is 9.86 Å². The molecule has 0 amide bonds. The maximum absolute atomic E-state index is 12.5. The van der Waals surface area contributed by atoms with E-state index in [9.17, 15) is 18.0 Å². The van der Waals surface area contributed by atoms with Crippen LogP contribution in [0.3, 0.4) is 0 Å². The number of ether oxygens (including phenoxy) is 1. The number of hydrogen-bond donors (Lipinski definition) is 0. The number of carbonyl (C=O) groups excluding carboxylic acids is 1. The predicted octanol–water partition coefficient (Wildman–Crippen LogP) is 3.11. The Bertz CT molecular complexity index is 1170. The summed E-state index contributed by atoms with van der Waals surface area (Å²) in [5.41, 5.74) is -0.328. The first-order valence-electron chi connectivity index (χ1n) is 7.16. The standard InChI is InChI=1S/C17H11BrO7S/c1-23-17(20)13-9-12(5-6-14(13)18)26(21,22)25-11-4-2-10-3-7-16(19)24-15(10)8-11/h2-9H,1H3. The second-order valence-corrected chi connectivity index (χ2v) is 7.53. The van der Waals surface area contributed by atoms with Crippen LogP contribution >= 0.6 is 15.9 Å². The van der Waals surface area contributed by atoms with E-state index in [1.807, 2.05) is 0 Å². The lowest BCUT2D eigenvalue weighted by Crippen LogP contribution is -2.12. The zero-order chi connectivity index (χ0) is 18.9. The summed E-state index contributed by atoms with van der Waals surface area (Å²) in [4.78, 5) is 22.8. The first kappa shape index (κ1) is 18.2. The summed E-state index contributed by atoms with van der Waals surface area (Å²) < 4.78 is 40.1. The van der Waals surface area contributed by atoms with Gasteiger partial charge in [-0.3, -0.25) is 0 Å². The van der Waals surface area contributed by atoms with Gasteiger partial charge in [-0.15, -0.1) is 0 Å². The van der Waals surface area contributed by atoms with Crippen molar-refractivity contribution >= 4 is 43.0 Å². The average Bonchev–Trinajstić information content (AvgIpc) is 2.60. The van der Waals surface area contributed by atoms with E-state index in [0.717, 1.165) is 6.07 Å². The van der Waals surface area contributed by atoms with Gasteiger partial charge in [0.05, 0.1) is 12.7 Å². The Morgan fingerprint density at radius 1 is 1.08 bits per heavy atom. The van der Waals surface area contributed by atoms with Gasteiger partial charge in [0, 0.05) is 22.0 Å². The van der Waals surface area contributed by atoms with Crippen LogP contribution in [0.25, 0.3) is 11.0 Å². The molecule has 7 nitrogen and oxygen atoms in total. The normalized spacial score (nSPS) is 11.3. The van der Waals surface area contributed by atoms with E-state index in [-0.39, 0.29) is 21.8 Å². The molecule has 0 radical (unpaired) electrons. The number of carbonyl (C=O) groups is 1. The molecule has 1 aromatic heterocycles. The SMILES string of the molecule is COC(=O)c1cc(S(=O)(=O)Oc2ccc3ccc(=O)oc3c2)ccc1Br. The van der Waals surface area contributed by atoms with Crippen molar-refractivity contribution in [2.24, 2.45) is 0 Å². The summed E-state index contributed by atoms with van der Waals surface area (Å²) in [6.07, 6.45) is 0. The Hall–Kier alpha value is -2.65. The minimum atomic E-state index is -4.22. The molecule has 0 aliphatic heterocycles. The van der Waals surface area contributed by atoms with Crippen molar-refractivity contribution in [2.45, 2.75) is 4.90 Å². The third kappa shape index (κ3) is 3.63. The highest BCUT2D eigenvalue weighted by atomic mass is 79.9. The van der Waals surface area contributed by atoms with Gasteiger partial charge in [-0.1, -0.05) is 0 Å². The molecule has 26 heavy (non-hydrogen) atoms. The minimum absolute atomic E-state index is 0.0330. The molecule has 3 rings (SSSR count). The van der Waals surface area contributed by atoms with Crippen LogP contribution in [0.15, 0.2) is 67.1 Å². The lowest BCUT2D eigenvalue weighted by atomic mass is 10.2. The Kier molecular flexibility index (Phi) is 4.84. The molecule has 0 aliphatic rings. The number of methoxy groups -OCH3 is 1. The van der Waals surface area contributed by atoms with Crippen LogP contribution in [0.5, 0.6) is 5.75 Å². The molecule has 0 aliphatic carbocycles. The van der Waals surface area contributed by atoms with E-state index in [2.05, 4.69) is 20.7 Å². The van der Waals surface area contributed by atoms with E-state index < -0.39 is 21.7 Å². The van der Waals surface area contributed by atoms with Crippen LogP contribution in [-0.2, 0) is 14.9 Å². The van der Waals surface area contributed by atoms with E-state index in [1.165, 1.54) is 37.4 Å². The van der Waals surface area contributed by atoms with Crippen LogP contribution < -0.4 is 9.81 Å². The molecular weight excluding hydrogens is 428 g/mol. The predicted molar refractivity (Wildman–Crippen MR) is 95.8 cm³/mol. The molecule has 0 unspecified atom stereocenters. The molecule has 0 atom stereocenters. The van der Waals surface area contributed by atoms with Crippen molar-refractivity contribution in [3.8, 4) is 5.75 Å². The van der Waals surface area contributed by atoms with Crippen molar-refractivity contribution in [1.29, 1.82) is 0 Å². The lowest BCUT2D eigenvalue weighted by molar-refractivity contribution is 0.0599. The lowest BCUT2D eigenvalue weighted by Gasteiger charge is -2.09. The monoisotopic (exact) mass is 438 g/mol. The van der Waals surface area contributed by atoms with Gasteiger partial charge >= 0.3 is 21.7 Å². The Morgan fingerprint density at radius 3 is 2.54 bits per heavy atom. The fourth-order valence-corrected chi connectivity index (χ4v) is 3.55. The molecule has 134 valence electrons. The third-order valence-electron chi connectivity index (χ3n) is 3.43. The van der Waals surface area contributed by atoms with Crippen molar-refractivity contribution < 1.29 is 26.5 Å². The molecule has 9 heteroatoms. The summed E-state index contributed by atoms with van der Waals surface area (Å²) in [6, 6.07) is 10.9. The Balaban J connectivity index is 1.99. The van der Waals surface area contributed by atoms with Crippen molar-refractivity contribution in [2.75, 3.05) is 7.11 Å². The summed E-state index contributed by atoms with van der Waals surface area (Å²) in [5, 5.41) is 0.617. The second-order valence-electron chi connectivity index (χ2n) is 5.12. The van der Waals surface area contributed by atoms with E-state index in [4.69, 9.17) is 8.60 Å². The first-order chi connectivity index (χ1) is 12.3. The first-order valence-corrected chi connectivity index (χ1v) is 9.36. The van der Waals surface area contributed by atoms with E-state index >= 15 is 0 Å². The average molecular weight is 439 g/mol. The largest absolute Gasteiger partial charge is 0.465 e. The quantitative estimate of drug-likeness (QED) is 0.350. The molecular formula is C17H11BrO7S. The number of benzene rings is 2. The highest BCUT2D eigenvalue weighted by molar-refractivity contribution is 9.10. The van der Waals surface area contributed by atoms with Crippen molar-refractivity contribution in [3.63, 3.8) is 0 Å². The van der Waals surface area contributed by atoms with Gasteiger partial charge in [0.25, 0.3) is 0 Å². The van der Waals surface area contributed by atoms with Crippen LogP contribution in [-0.4, -0.2) is 21.5 Å². The zero-order valence-electron chi connectivity index (χ0n) is 13.3. The number of fused-ring (bicyclic) bond motifs is 1. The summed E-state index contributed by atoms with van der Waals surface area (Å²) in [6.45, 7) is 0. The molecule has 0 N–H and O–H groups in total. The van der Waals surface area contributed by atoms with Gasteiger partial charge in [-0.05, 0) is 52.3 Å². The van der Waals surface area contributed by atoms with E-state index in [1.54, 1.807) is 12.1 Å².